The van der Waals surface area contributed by atoms with Gasteiger partial charge < -0.3 is 30.1 Å². The first-order valence-electron chi connectivity index (χ1n) is 16.7. The minimum atomic E-state index is -1.23. The second-order valence-electron chi connectivity index (χ2n) is 14.5. The number of amides is 3. The van der Waals surface area contributed by atoms with Crippen LogP contribution >= 0.6 is 0 Å². The molecule has 0 aliphatic heterocycles. The minimum Gasteiger partial charge on any atom is -0.508 e. The molecule has 3 aromatic rings. The number of hydrogen-bond acceptors (Lipinski definition) is 7. The number of nitrogens with zero attached hydrogens (tertiary/aromatic N) is 1. The van der Waals surface area contributed by atoms with E-state index in [0.717, 1.165) is 16.7 Å². The molecule has 3 atom stereocenters. The first-order valence-corrected chi connectivity index (χ1v) is 16.7. The van der Waals surface area contributed by atoms with Gasteiger partial charge in [-0.25, -0.2) is 9.59 Å². The Bertz CT molecular complexity index is 1620. The van der Waals surface area contributed by atoms with Gasteiger partial charge in [-0.05, 0) is 84.2 Å². The van der Waals surface area contributed by atoms with Gasteiger partial charge in [0.1, 0.15) is 35.1 Å². The van der Waals surface area contributed by atoms with Crippen LogP contribution < -0.4 is 10.6 Å². The molecular weight excluding hydrogens is 634 g/mol. The number of phenols is 1. The molecule has 3 amide bonds. The van der Waals surface area contributed by atoms with Crippen LogP contribution in [0.5, 0.6) is 5.75 Å². The molecule has 0 bridgehead atoms. The number of aryl methyl sites for hydroxylation is 2. The lowest BCUT2D eigenvalue weighted by molar-refractivity contribution is -0.159. The number of nitrogens with one attached hydrogen (secondary N) is 2. The smallest absolute Gasteiger partial charge is 0.408 e. The molecule has 0 radical (unpaired) electrons. The monoisotopic (exact) mass is 685 g/mol. The summed E-state index contributed by atoms with van der Waals surface area (Å²) >= 11 is 0. The molecule has 0 saturated carbocycles. The SMILES string of the molecule is C=CCN(C(=O)C(Cc1ccc(O)cc1)NC(=O)OC(C)(C)C)C(C(=O)NC(Cc1ccccc1)C(=O)OC(C)(C)C)c1cc(C)cc(C)c1. The van der Waals surface area contributed by atoms with E-state index in [9.17, 15) is 24.3 Å². The Morgan fingerprint density at radius 1 is 0.780 bits per heavy atom. The van der Waals surface area contributed by atoms with E-state index in [1.54, 1.807) is 53.7 Å². The lowest BCUT2D eigenvalue weighted by Gasteiger charge is -2.35. The van der Waals surface area contributed by atoms with Crippen molar-refractivity contribution in [1.29, 1.82) is 0 Å². The molecule has 0 spiro atoms. The minimum absolute atomic E-state index is 0.0295. The van der Waals surface area contributed by atoms with Crippen molar-refractivity contribution < 1.29 is 33.8 Å². The number of carbonyl (C=O) groups is 4. The van der Waals surface area contributed by atoms with Crippen LogP contribution in [0.1, 0.15) is 75.4 Å². The standard InChI is InChI=1S/C40H51N3O7/c1-10-20-43(36(46)32(42-38(48)50-40(7,8)9)24-29-16-18-31(44)19-17-29)34(30-22-26(2)21-27(3)23-30)35(45)41-33(37(47)49-39(4,5)6)25-28-14-12-11-13-15-28/h10-19,21-23,32-34,44H,1,20,24-25H2,2-9H3,(H,41,45)(H,42,48). The van der Waals surface area contributed by atoms with Crippen molar-refractivity contribution in [2.45, 2.75) is 97.6 Å². The largest absolute Gasteiger partial charge is 0.508 e. The first kappa shape index (κ1) is 39.3. The van der Waals surface area contributed by atoms with Gasteiger partial charge in [-0.15, -0.1) is 6.58 Å². The molecule has 0 aliphatic rings. The van der Waals surface area contributed by atoms with Crippen LogP contribution in [0.3, 0.4) is 0 Å². The van der Waals surface area contributed by atoms with Gasteiger partial charge in [-0.1, -0.05) is 77.9 Å². The van der Waals surface area contributed by atoms with Gasteiger partial charge in [0.2, 0.25) is 11.8 Å². The summed E-state index contributed by atoms with van der Waals surface area (Å²) in [5.41, 5.74) is 2.04. The number of hydrogen-bond donors (Lipinski definition) is 3. The predicted molar refractivity (Wildman–Crippen MR) is 193 cm³/mol. The average Bonchev–Trinajstić information content (AvgIpc) is 2.99. The van der Waals surface area contributed by atoms with Crippen molar-refractivity contribution in [3.8, 4) is 5.75 Å². The van der Waals surface area contributed by atoms with E-state index >= 15 is 0 Å². The van der Waals surface area contributed by atoms with E-state index in [2.05, 4.69) is 17.2 Å². The lowest BCUT2D eigenvalue weighted by Crippen LogP contribution is -2.55. The molecule has 10 nitrogen and oxygen atoms in total. The van der Waals surface area contributed by atoms with Gasteiger partial charge >= 0.3 is 12.1 Å². The summed E-state index contributed by atoms with van der Waals surface area (Å²) < 4.78 is 11.2. The number of benzene rings is 3. The molecule has 10 heteroatoms. The maximum Gasteiger partial charge on any atom is 0.408 e. The third kappa shape index (κ3) is 12.4. The molecule has 3 rings (SSSR count). The molecule has 0 saturated heterocycles. The highest BCUT2D eigenvalue weighted by molar-refractivity contribution is 5.94. The molecule has 268 valence electrons. The van der Waals surface area contributed by atoms with Crippen molar-refractivity contribution in [1.82, 2.24) is 15.5 Å². The third-order valence-corrected chi connectivity index (χ3v) is 7.38. The molecule has 50 heavy (non-hydrogen) atoms. The number of aromatic hydroxyl groups is 1. The Hall–Kier alpha value is -5.12. The van der Waals surface area contributed by atoms with Crippen LogP contribution in [-0.4, -0.2) is 63.7 Å². The second-order valence-corrected chi connectivity index (χ2v) is 14.5. The van der Waals surface area contributed by atoms with Gasteiger partial charge in [-0.2, -0.15) is 0 Å². The normalized spacial score (nSPS) is 13.3. The lowest BCUT2D eigenvalue weighted by atomic mass is 9.96. The highest BCUT2D eigenvalue weighted by atomic mass is 16.6. The molecule has 0 aliphatic carbocycles. The number of ether oxygens (including phenoxy) is 2. The number of esters is 1. The van der Waals surface area contributed by atoms with E-state index < -0.39 is 53.2 Å². The Morgan fingerprint density at radius 2 is 1.32 bits per heavy atom. The highest BCUT2D eigenvalue weighted by Crippen LogP contribution is 2.27. The van der Waals surface area contributed by atoms with Crippen LogP contribution in [0.15, 0.2) is 85.5 Å². The summed E-state index contributed by atoms with van der Waals surface area (Å²) in [4.78, 5) is 57.2. The van der Waals surface area contributed by atoms with Gasteiger partial charge in [0.15, 0.2) is 0 Å². The zero-order chi connectivity index (χ0) is 37.2. The van der Waals surface area contributed by atoms with Gasteiger partial charge in [0, 0.05) is 19.4 Å². The predicted octanol–water partition coefficient (Wildman–Crippen LogP) is 6.27. The molecule has 3 unspecified atom stereocenters. The molecule has 0 fully saturated rings. The van der Waals surface area contributed by atoms with E-state index in [1.165, 1.54) is 23.1 Å². The fourth-order valence-corrected chi connectivity index (χ4v) is 5.49. The fourth-order valence-electron chi connectivity index (χ4n) is 5.49. The third-order valence-electron chi connectivity index (χ3n) is 7.38. The van der Waals surface area contributed by atoms with Gasteiger partial charge in [0.05, 0.1) is 0 Å². The Morgan fingerprint density at radius 3 is 1.86 bits per heavy atom. The maximum atomic E-state index is 14.7. The van der Waals surface area contributed by atoms with Gasteiger partial charge in [-0.3, -0.25) is 9.59 Å². The van der Waals surface area contributed by atoms with Crippen LogP contribution in [-0.2, 0) is 36.7 Å². The number of alkyl carbamates (subject to hydrolysis) is 1. The van der Waals surface area contributed by atoms with Gasteiger partial charge in [0.25, 0.3) is 0 Å². The summed E-state index contributed by atoms with van der Waals surface area (Å²) in [6, 6.07) is 17.6. The Labute approximate surface area is 295 Å². The molecule has 3 N–H and O–H groups in total. The molecule has 3 aromatic carbocycles. The molecule has 0 heterocycles. The highest BCUT2D eigenvalue weighted by Gasteiger charge is 2.38. The zero-order valence-electron chi connectivity index (χ0n) is 30.4. The van der Waals surface area contributed by atoms with Crippen molar-refractivity contribution >= 4 is 23.9 Å². The van der Waals surface area contributed by atoms with Crippen LogP contribution in [0.2, 0.25) is 0 Å². The van der Waals surface area contributed by atoms with E-state index in [-0.39, 0.29) is 25.1 Å². The van der Waals surface area contributed by atoms with Crippen LogP contribution in [0, 0.1) is 13.8 Å². The summed E-state index contributed by atoms with van der Waals surface area (Å²) in [6.45, 7) is 18.0. The molecule has 0 aromatic heterocycles. The van der Waals surface area contributed by atoms with E-state index in [1.807, 2.05) is 62.4 Å². The zero-order valence-corrected chi connectivity index (χ0v) is 30.4. The van der Waals surface area contributed by atoms with Crippen molar-refractivity contribution in [2.75, 3.05) is 6.54 Å². The van der Waals surface area contributed by atoms with E-state index in [0.29, 0.717) is 11.1 Å². The molecular formula is C40H51N3O7. The summed E-state index contributed by atoms with van der Waals surface area (Å²) in [6.07, 6.45) is 0.872. The first-order chi connectivity index (χ1) is 23.3. The maximum absolute atomic E-state index is 14.7. The Balaban J connectivity index is 2.12. The summed E-state index contributed by atoms with van der Waals surface area (Å²) in [5, 5.41) is 15.5. The Kier molecular flexibility index (Phi) is 13.4. The topological polar surface area (TPSA) is 134 Å². The number of carbonyl (C=O) groups excluding carboxylic acids is 4. The summed E-state index contributed by atoms with van der Waals surface area (Å²) in [7, 11) is 0. The van der Waals surface area contributed by atoms with Crippen molar-refractivity contribution in [3.63, 3.8) is 0 Å². The van der Waals surface area contributed by atoms with Crippen molar-refractivity contribution in [2.24, 2.45) is 0 Å². The van der Waals surface area contributed by atoms with Crippen molar-refractivity contribution in [3.05, 3.63) is 113 Å². The number of phenolic OH excluding ortho intramolecular Hbond substituents is 1. The quantitative estimate of drug-likeness (QED) is 0.143. The average molecular weight is 686 g/mol. The van der Waals surface area contributed by atoms with Crippen LogP contribution in [0.25, 0.3) is 0 Å². The second kappa shape index (κ2) is 17.0. The van der Waals surface area contributed by atoms with Crippen LogP contribution in [0.4, 0.5) is 4.79 Å². The fraction of sp³-hybridized carbons (Fsp3) is 0.400. The van der Waals surface area contributed by atoms with E-state index in [4.69, 9.17) is 9.47 Å². The number of rotatable bonds is 13. The summed E-state index contributed by atoms with van der Waals surface area (Å²) in [5.74, 6) is -1.77.